The molecule has 0 aliphatic heterocycles. The van der Waals surface area contributed by atoms with E-state index in [9.17, 15) is 13.2 Å². The normalized spacial score (nSPS) is 11.7. The van der Waals surface area contributed by atoms with Gasteiger partial charge in [0.2, 0.25) is 0 Å². The van der Waals surface area contributed by atoms with Crippen LogP contribution in [0.15, 0.2) is 18.2 Å². The molecule has 0 atom stereocenters. The minimum absolute atomic E-state index is 0.0383. The van der Waals surface area contributed by atoms with Crippen LogP contribution in [0.4, 0.5) is 18.9 Å². The van der Waals surface area contributed by atoms with E-state index in [-0.39, 0.29) is 16.6 Å². The SMILES string of the molecule is CC(C)N(C)c1ccc(C(F)(F)F)cc1C(N)=S. The van der Waals surface area contributed by atoms with Crippen molar-refractivity contribution in [3.8, 4) is 0 Å². The third kappa shape index (κ3) is 3.13. The largest absolute Gasteiger partial charge is 0.416 e. The number of alkyl halides is 3. The number of halogens is 3. The van der Waals surface area contributed by atoms with Crippen molar-refractivity contribution in [2.45, 2.75) is 26.1 Å². The highest BCUT2D eigenvalue weighted by atomic mass is 32.1. The summed E-state index contributed by atoms with van der Waals surface area (Å²) in [5.41, 5.74) is 5.61. The molecule has 0 saturated carbocycles. The van der Waals surface area contributed by atoms with E-state index < -0.39 is 11.7 Å². The van der Waals surface area contributed by atoms with E-state index in [1.807, 2.05) is 18.7 Å². The van der Waals surface area contributed by atoms with Crippen molar-refractivity contribution in [3.05, 3.63) is 29.3 Å². The van der Waals surface area contributed by atoms with Crippen molar-refractivity contribution >= 4 is 22.9 Å². The Bertz CT molecular complexity index is 455. The van der Waals surface area contributed by atoms with Crippen molar-refractivity contribution in [1.29, 1.82) is 0 Å². The van der Waals surface area contributed by atoms with Crippen molar-refractivity contribution in [1.82, 2.24) is 0 Å². The fraction of sp³-hybridized carbons (Fsp3) is 0.417. The first-order valence-electron chi connectivity index (χ1n) is 5.38. The van der Waals surface area contributed by atoms with Gasteiger partial charge in [0, 0.05) is 24.3 Å². The van der Waals surface area contributed by atoms with Crippen molar-refractivity contribution in [3.63, 3.8) is 0 Å². The molecule has 0 fully saturated rings. The van der Waals surface area contributed by atoms with Gasteiger partial charge in [-0.3, -0.25) is 0 Å². The molecule has 0 unspecified atom stereocenters. The average molecular weight is 276 g/mol. The molecule has 0 aromatic heterocycles. The van der Waals surface area contributed by atoms with E-state index >= 15 is 0 Å². The van der Waals surface area contributed by atoms with E-state index in [1.165, 1.54) is 6.07 Å². The second kappa shape index (κ2) is 5.14. The summed E-state index contributed by atoms with van der Waals surface area (Å²) in [7, 11) is 1.79. The number of hydrogen-bond donors (Lipinski definition) is 1. The molecule has 6 heteroatoms. The standard InChI is InChI=1S/C12H15F3N2S/c1-7(2)17(3)10-5-4-8(12(13,14)15)6-9(10)11(16)18/h4-7H,1-3H3,(H2,16,18). The third-order valence-corrected chi connectivity index (χ3v) is 2.96. The predicted molar refractivity (Wildman–Crippen MR) is 70.9 cm³/mol. The lowest BCUT2D eigenvalue weighted by Crippen LogP contribution is -2.28. The summed E-state index contributed by atoms with van der Waals surface area (Å²) < 4.78 is 37.9. The Kier molecular flexibility index (Phi) is 4.21. The van der Waals surface area contributed by atoms with E-state index in [1.54, 1.807) is 7.05 Å². The zero-order valence-electron chi connectivity index (χ0n) is 10.4. The summed E-state index contributed by atoms with van der Waals surface area (Å²) in [6.07, 6.45) is -4.39. The van der Waals surface area contributed by atoms with Gasteiger partial charge in [0.1, 0.15) is 4.99 Å². The first-order chi connectivity index (χ1) is 8.14. The van der Waals surface area contributed by atoms with Crippen molar-refractivity contribution in [2.75, 3.05) is 11.9 Å². The summed E-state index contributed by atoms with van der Waals surface area (Å²) in [6.45, 7) is 3.86. The number of nitrogens with zero attached hydrogens (tertiary/aromatic N) is 1. The van der Waals surface area contributed by atoms with Crippen LogP contribution in [-0.4, -0.2) is 18.1 Å². The Hall–Kier alpha value is -1.30. The minimum Gasteiger partial charge on any atom is -0.389 e. The minimum atomic E-state index is -4.39. The van der Waals surface area contributed by atoms with Crippen LogP contribution >= 0.6 is 12.2 Å². The third-order valence-electron chi connectivity index (χ3n) is 2.74. The van der Waals surface area contributed by atoms with Gasteiger partial charge in [0.25, 0.3) is 0 Å². The van der Waals surface area contributed by atoms with Crippen molar-refractivity contribution in [2.24, 2.45) is 5.73 Å². The van der Waals surface area contributed by atoms with Gasteiger partial charge >= 0.3 is 6.18 Å². The lowest BCUT2D eigenvalue weighted by Gasteiger charge is -2.26. The Labute approximate surface area is 110 Å². The van der Waals surface area contributed by atoms with E-state index in [2.05, 4.69) is 0 Å². The van der Waals surface area contributed by atoms with Gasteiger partial charge in [0.15, 0.2) is 0 Å². The molecule has 18 heavy (non-hydrogen) atoms. The maximum Gasteiger partial charge on any atom is 0.416 e. The summed E-state index contributed by atoms with van der Waals surface area (Å²) in [5.74, 6) is 0. The predicted octanol–water partition coefficient (Wildman–Crippen LogP) is 3.18. The highest BCUT2D eigenvalue weighted by molar-refractivity contribution is 7.80. The first-order valence-corrected chi connectivity index (χ1v) is 5.79. The zero-order valence-corrected chi connectivity index (χ0v) is 11.2. The fourth-order valence-corrected chi connectivity index (χ4v) is 1.66. The molecule has 1 aromatic rings. The molecule has 0 spiro atoms. The highest BCUT2D eigenvalue weighted by Gasteiger charge is 2.31. The molecule has 0 amide bonds. The van der Waals surface area contributed by atoms with Gasteiger partial charge in [-0.05, 0) is 32.0 Å². The molecule has 2 N–H and O–H groups in total. The average Bonchev–Trinajstić information content (AvgIpc) is 2.25. The van der Waals surface area contributed by atoms with Gasteiger partial charge in [-0.25, -0.2) is 0 Å². The number of thiocarbonyl (C=S) groups is 1. The van der Waals surface area contributed by atoms with Gasteiger partial charge < -0.3 is 10.6 Å². The molecular formula is C12H15F3N2S. The van der Waals surface area contributed by atoms with Gasteiger partial charge in [-0.1, -0.05) is 12.2 Å². The second-order valence-corrected chi connectivity index (χ2v) is 4.74. The quantitative estimate of drug-likeness (QED) is 0.860. The molecule has 0 aliphatic carbocycles. The molecule has 2 nitrogen and oxygen atoms in total. The van der Waals surface area contributed by atoms with Gasteiger partial charge in [0.05, 0.1) is 5.56 Å². The Morgan fingerprint density at radius 2 is 1.89 bits per heavy atom. The molecule has 0 aliphatic rings. The van der Waals surface area contributed by atoms with Crippen LogP contribution in [0.5, 0.6) is 0 Å². The monoisotopic (exact) mass is 276 g/mol. The Balaban J connectivity index is 3.34. The van der Waals surface area contributed by atoms with Gasteiger partial charge in [-0.2, -0.15) is 13.2 Å². The summed E-state index contributed by atoms with van der Waals surface area (Å²) in [5, 5.41) is 0. The molecule has 100 valence electrons. The van der Waals surface area contributed by atoms with Crippen LogP contribution in [-0.2, 0) is 6.18 Å². The Morgan fingerprint density at radius 1 is 1.33 bits per heavy atom. The number of nitrogens with two attached hydrogens (primary N) is 1. The number of hydrogen-bond acceptors (Lipinski definition) is 2. The maximum atomic E-state index is 12.6. The van der Waals surface area contributed by atoms with Gasteiger partial charge in [-0.15, -0.1) is 0 Å². The van der Waals surface area contributed by atoms with Crippen LogP contribution in [0.25, 0.3) is 0 Å². The topological polar surface area (TPSA) is 29.3 Å². The zero-order chi connectivity index (χ0) is 14.1. The Morgan fingerprint density at radius 3 is 2.28 bits per heavy atom. The molecule has 1 aromatic carbocycles. The van der Waals surface area contributed by atoms with Crippen LogP contribution in [0.3, 0.4) is 0 Å². The van der Waals surface area contributed by atoms with E-state index in [0.717, 1.165) is 12.1 Å². The second-order valence-electron chi connectivity index (χ2n) is 4.30. The highest BCUT2D eigenvalue weighted by Crippen LogP contribution is 2.33. The molecule has 0 saturated heterocycles. The summed E-state index contributed by atoms with van der Waals surface area (Å²) >= 11 is 4.82. The van der Waals surface area contributed by atoms with Crippen LogP contribution < -0.4 is 10.6 Å². The van der Waals surface area contributed by atoms with Crippen LogP contribution in [0, 0.1) is 0 Å². The lowest BCUT2D eigenvalue weighted by molar-refractivity contribution is -0.137. The summed E-state index contributed by atoms with van der Waals surface area (Å²) in [6, 6.07) is 3.57. The molecule has 0 heterocycles. The fourth-order valence-electron chi connectivity index (χ4n) is 1.50. The molecular weight excluding hydrogens is 261 g/mol. The van der Waals surface area contributed by atoms with Crippen molar-refractivity contribution < 1.29 is 13.2 Å². The maximum absolute atomic E-state index is 12.6. The smallest absolute Gasteiger partial charge is 0.389 e. The summed E-state index contributed by atoms with van der Waals surface area (Å²) in [4.78, 5) is 1.79. The lowest BCUT2D eigenvalue weighted by atomic mass is 10.1. The number of benzene rings is 1. The molecule has 1 rings (SSSR count). The first kappa shape index (κ1) is 14.8. The molecule has 0 bridgehead atoms. The van der Waals surface area contributed by atoms with E-state index in [0.29, 0.717) is 5.69 Å². The number of rotatable bonds is 3. The van der Waals surface area contributed by atoms with E-state index in [4.69, 9.17) is 18.0 Å². The van der Waals surface area contributed by atoms with Crippen LogP contribution in [0.2, 0.25) is 0 Å². The molecule has 0 radical (unpaired) electrons. The van der Waals surface area contributed by atoms with Crippen LogP contribution in [0.1, 0.15) is 25.0 Å². The number of anilines is 1.